The first-order valence-corrected chi connectivity index (χ1v) is 21.8. The van der Waals surface area contributed by atoms with Crippen molar-refractivity contribution in [2.24, 2.45) is 23.2 Å². The summed E-state index contributed by atoms with van der Waals surface area (Å²) < 4.78 is 11.1. The van der Waals surface area contributed by atoms with Crippen LogP contribution < -0.4 is 0 Å². The molecule has 49 heavy (non-hydrogen) atoms. The van der Waals surface area contributed by atoms with Crippen LogP contribution in [0.1, 0.15) is 214 Å². The normalized spacial score (nSPS) is 18.5. The fourth-order valence-electron chi connectivity index (χ4n) is 7.74. The lowest BCUT2D eigenvalue weighted by molar-refractivity contribution is -0.146. The maximum Gasteiger partial charge on any atom is 0.305 e. The monoisotopic (exact) mass is 692 g/mol. The molecule has 4 unspecified atom stereocenters. The summed E-state index contributed by atoms with van der Waals surface area (Å²) in [5.41, 5.74) is 0.633. The van der Waals surface area contributed by atoms with E-state index in [2.05, 4.69) is 46.7 Å². The van der Waals surface area contributed by atoms with Crippen molar-refractivity contribution in [2.75, 3.05) is 33.9 Å². The van der Waals surface area contributed by atoms with E-state index in [9.17, 15) is 9.59 Å². The molecule has 4 atom stereocenters. The van der Waals surface area contributed by atoms with Crippen LogP contribution in [0.15, 0.2) is 0 Å². The van der Waals surface area contributed by atoms with E-state index < -0.39 is 0 Å². The molecule has 0 heterocycles. The van der Waals surface area contributed by atoms with Crippen molar-refractivity contribution in [3.05, 3.63) is 0 Å². The van der Waals surface area contributed by atoms with Crippen LogP contribution in [0.25, 0.3) is 0 Å². The molecule has 1 aliphatic carbocycles. The van der Waals surface area contributed by atoms with Crippen LogP contribution in [0.5, 0.6) is 0 Å². The predicted molar refractivity (Wildman–Crippen MR) is 210 cm³/mol. The van der Waals surface area contributed by atoms with E-state index in [-0.39, 0.29) is 11.9 Å². The van der Waals surface area contributed by atoms with Crippen molar-refractivity contribution in [3.63, 3.8) is 0 Å². The van der Waals surface area contributed by atoms with Crippen molar-refractivity contribution in [2.45, 2.75) is 214 Å². The third-order valence-electron chi connectivity index (χ3n) is 11.7. The molecule has 0 aromatic rings. The van der Waals surface area contributed by atoms with E-state index in [0.29, 0.717) is 43.3 Å². The van der Waals surface area contributed by atoms with E-state index in [4.69, 9.17) is 9.47 Å². The zero-order valence-electron chi connectivity index (χ0n) is 33.9. The van der Waals surface area contributed by atoms with Crippen LogP contribution in [0, 0.1) is 23.2 Å². The van der Waals surface area contributed by atoms with Crippen molar-refractivity contribution >= 4 is 11.9 Å². The van der Waals surface area contributed by atoms with Crippen LogP contribution in [0.3, 0.4) is 0 Å². The molecule has 1 rings (SSSR count). The van der Waals surface area contributed by atoms with Crippen molar-refractivity contribution < 1.29 is 19.1 Å². The van der Waals surface area contributed by atoms with Crippen LogP contribution in [-0.2, 0) is 19.1 Å². The number of carbonyl (C=O) groups is 2. The summed E-state index contributed by atoms with van der Waals surface area (Å²) in [6.45, 7) is 11.3. The van der Waals surface area contributed by atoms with Gasteiger partial charge in [0.1, 0.15) is 0 Å². The summed E-state index contributed by atoms with van der Waals surface area (Å²) in [6.07, 6.45) is 35.4. The van der Waals surface area contributed by atoms with Gasteiger partial charge in [0.2, 0.25) is 0 Å². The van der Waals surface area contributed by atoms with Crippen LogP contribution in [0.4, 0.5) is 0 Å². The summed E-state index contributed by atoms with van der Waals surface area (Å²) in [4.78, 5) is 26.6. The maximum atomic E-state index is 12.1. The quantitative estimate of drug-likeness (QED) is 0.0483. The molecule has 0 radical (unpaired) electrons. The highest BCUT2D eigenvalue weighted by Crippen LogP contribution is 2.60. The topological polar surface area (TPSA) is 55.8 Å². The van der Waals surface area contributed by atoms with E-state index in [1.807, 2.05) is 0 Å². The van der Waals surface area contributed by atoms with Gasteiger partial charge in [0.05, 0.1) is 13.2 Å². The van der Waals surface area contributed by atoms with Gasteiger partial charge in [-0.25, -0.2) is 0 Å². The Bertz CT molecular complexity index is 785. The molecule has 0 amide bonds. The minimum atomic E-state index is 0.0112. The molecule has 1 aliphatic rings. The molecular weight excluding hydrogens is 606 g/mol. The number of unbranched alkanes of at least 4 members (excludes halogenated alkanes) is 15. The largest absolute Gasteiger partial charge is 0.465 e. The third-order valence-corrected chi connectivity index (χ3v) is 11.7. The molecule has 0 spiro atoms. The lowest BCUT2D eigenvalue weighted by Crippen LogP contribution is -2.18. The fourth-order valence-corrected chi connectivity index (χ4v) is 7.74. The lowest BCUT2D eigenvalue weighted by atomic mass is 9.89. The first-order chi connectivity index (χ1) is 23.8. The molecule has 0 aliphatic heterocycles. The van der Waals surface area contributed by atoms with Gasteiger partial charge in [-0.1, -0.05) is 150 Å². The average molecular weight is 692 g/mol. The number of esters is 2. The van der Waals surface area contributed by atoms with Gasteiger partial charge in [-0.15, -0.1) is 0 Å². The minimum Gasteiger partial charge on any atom is -0.465 e. The van der Waals surface area contributed by atoms with Gasteiger partial charge in [-0.05, 0) is 95.2 Å². The van der Waals surface area contributed by atoms with Gasteiger partial charge in [-0.3, -0.25) is 9.59 Å². The van der Waals surface area contributed by atoms with Gasteiger partial charge in [-0.2, -0.15) is 0 Å². The number of carbonyl (C=O) groups excluding carboxylic acids is 2. The van der Waals surface area contributed by atoms with Crippen molar-refractivity contribution in [1.29, 1.82) is 0 Å². The smallest absolute Gasteiger partial charge is 0.305 e. The van der Waals surface area contributed by atoms with E-state index in [0.717, 1.165) is 44.4 Å². The Morgan fingerprint density at radius 3 is 1.45 bits per heavy atom. The van der Waals surface area contributed by atoms with Gasteiger partial charge < -0.3 is 14.4 Å². The van der Waals surface area contributed by atoms with Crippen LogP contribution in [-0.4, -0.2) is 50.7 Å². The number of hydrogen-bond acceptors (Lipinski definition) is 5. The molecule has 1 saturated carbocycles. The number of nitrogens with zero attached hydrogens (tertiary/aromatic N) is 1. The van der Waals surface area contributed by atoms with Gasteiger partial charge in [0.25, 0.3) is 0 Å². The SMILES string of the molecule is CCCCC(CC)COC(=O)CCCCCCCCCCC1(CCN(C)C)CC1CCCCCCCCCC(=O)OCC(CC)CCCC. The summed E-state index contributed by atoms with van der Waals surface area (Å²) in [5, 5.41) is 0. The van der Waals surface area contributed by atoms with Crippen molar-refractivity contribution in [1.82, 2.24) is 4.90 Å². The van der Waals surface area contributed by atoms with Crippen LogP contribution >= 0.6 is 0 Å². The summed E-state index contributed by atoms with van der Waals surface area (Å²) >= 11 is 0. The Balaban J connectivity index is 2.06. The number of rotatable bonds is 36. The second-order valence-corrected chi connectivity index (χ2v) is 16.4. The molecule has 290 valence electrons. The standard InChI is InChI=1S/C44H85NO4/c1-7-11-28-39(9-3)37-48-42(46)31-25-21-17-13-14-19-23-27-33-44(34-35-45(5)6)36-41(44)30-24-20-16-15-18-22-26-32-43(47)49-38-40(10-4)29-12-8-2/h39-41H,7-38H2,1-6H3. The highest BCUT2D eigenvalue weighted by Gasteiger charge is 2.51. The van der Waals surface area contributed by atoms with E-state index >= 15 is 0 Å². The molecule has 5 heteroatoms. The third kappa shape index (κ3) is 24.7. The molecular formula is C44H85NO4. The highest BCUT2D eigenvalue weighted by molar-refractivity contribution is 5.69. The molecule has 0 N–H and O–H groups in total. The van der Waals surface area contributed by atoms with E-state index in [1.165, 1.54) is 141 Å². The van der Waals surface area contributed by atoms with Crippen molar-refractivity contribution in [3.8, 4) is 0 Å². The fraction of sp³-hybridized carbons (Fsp3) is 0.955. The Morgan fingerprint density at radius 2 is 1.02 bits per heavy atom. The lowest BCUT2D eigenvalue weighted by Gasteiger charge is -2.20. The molecule has 0 aromatic heterocycles. The summed E-state index contributed by atoms with van der Waals surface area (Å²) in [6, 6.07) is 0. The Labute approximate surface area is 306 Å². The summed E-state index contributed by atoms with van der Waals surface area (Å²) in [5.74, 6) is 2.07. The first kappa shape index (κ1) is 45.9. The Kier molecular flexibility index (Phi) is 28.6. The predicted octanol–water partition coefficient (Wildman–Crippen LogP) is 12.9. The minimum absolute atomic E-state index is 0.0112. The van der Waals surface area contributed by atoms with Gasteiger partial charge in [0.15, 0.2) is 0 Å². The summed E-state index contributed by atoms with van der Waals surface area (Å²) in [7, 11) is 4.45. The Morgan fingerprint density at radius 1 is 0.592 bits per heavy atom. The molecule has 1 fully saturated rings. The van der Waals surface area contributed by atoms with Crippen LogP contribution in [0.2, 0.25) is 0 Å². The molecule has 0 saturated heterocycles. The number of hydrogen-bond donors (Lipinski definition) is 0. The average Bonchev–Trinajstić information content (AvgIpc) is 3.79. The zero-order valence-corrected chi connectivity index (χ0v) is 33.9. The zero-order chi connectivity index (χ0) is 36.0. The second-order valence-electron chi connectivity index (χ2n) is 16.4. The number of ether oxygens (including phenoxy) is 2. The van der Waals surface area contributed by atoms with Gasteiger partial charge in [0, 0.05) is 12.8 Å². The van der Waals surface area contributed by atoms with Gasteiger partial charge >= 0.3 is 11.9 Å². The maximum absolute atomic E-state index is 12.1. The highest BCUT2D eigenvalue weighted by atomic mass is 16.5. The molecule has 5 nitrogen and oxygen atoms in total. The Hall–Kier alpha value is -1.10. The first-order valence-electron chi connectivity index (χ1n) is 21.8. The van der Waals surface area contributed by atoms with E-state index in [1.54, 1.807) is 0 Å². The molecule has 0 bridgehead atoms. The second kappa shape index (κ2) is 30.5. The molecule has 0 aromatic carbocycles.